The van der Waals surface area contributed by atoms with Gasteiger partial charge in [-0.25, -0.2) is 0 Å². The molecule has 0 amide bonds. The summed E-state index contributed by atoms with van der Waals surface area (Å²) in [5.41, 5.74) is -0.216. The normalized spacial score (nSPS) is 9.89. The molecule has 6 aromatic rings. The molecule has 0 saturated heterocycles. The number of carboxylic acid groups (broad SMARTS) is 3. The maximum absolute atomic E-state index is 10.9. The molecule has 6 aromatic carbocycles. The first-order chi connectivity index (χ1) is 29.0. The molecule has 0 radical (unpaired) electrons. The molecular weight excluding hydrogens is 866 g/mol. The molecule has 0 unspecified atom stereocenters. The molecule has 0 aromatic heterocycles. The molecule has 0 aliphatic carbocycles. The summed E-state index contributed by atoms with van der Waals surface area (Å²) < 4.78 is 32.4. The summed E-state index contributed by atoms with van der Waals surface area (Å²) in [6, 6.07) is 41.2. The number of aromatic carboxylic acids is 3. The fraction of sp³-hybridized carbons (Fsp3) is 0.133. The molecule has 0 saturated carbocycles. The van der Waals surface area contributed by atoms with Gasteiger partial charge in [0.05, 0.1) is 33.0 Å². The number of carbonyl (C=O) groups is 3. The second-order valence-electron chi connectivity index (χ2n) is 11.7. The van der Waals surface area contributed by atoms with E-state index in [0.29, 0.717) is 0 Å². The quantitative estimate of drug-likeness (QED) is 0.0717. The first-order valence-corrected chi connectivity index (χ1v) is 19.1. The fourth-order valence-corrected chi connectivity index (χ4v) is 5.60. The minimum absolute atomic E-state index is 0. The van der Waals surface area contributed by atoms with E-state index < -0.39 is 17.9 Å². The second kappa shape index (κ2) is 26.9. The van der Waals surface area contributed by atoms with Crippen molar-refractivity contribution in [1.82, 2.24) is 0 Å². The molecule has 0 atom stereocenters. The Morgan fingerprint density at radius 1 is 0.344 bits per heavy atom. The van der Waals surface area contributed by atoms with E-state index in [0.717, 1.165) is 17.2 Å². The zero-order valence-electron chi connectivity index (χ0n) is 32.2. The molecular formula is C45H36AlCl3O12. The zero-order valence-corrected chi connectivity index (χ0v) is 35.6. The number of carbonyl (C=O) groups excluding carboxylic acids is 3. The van der Waals surface area contributed by atoms with E-state index in [4.69, 9.17) is 63.2 Å². The molecule has 0 heterocycles. The van der Waals surface area contributed by atoms with Crippen LogP contribution < -0.4 is 43.7 Å². The molecule has 0 aliphatic rings. The standard InChI is InChI=1S/3C15H13ClO4.Al/c3*16-13-8-4-7-12(15(17)18)14(13)20-10-9-19-11-5-2-1-3-6-11;/h3*1-8H,9-10H2,(H,17,18);/q;;;+3/p-3. The molecule has 16 heteroatoms. The molecule has 312 valence electrons. The van der Waals surface area contributed by atoms with Gasteiger partial charge in [-0.15, -0.1) is 0 Å². The van der Waals surface area contributed by atoms with Gasteiger partial charge < -0.3 is 58.1 Å². The van der Waals surface area contributed by atoms with E-state index in [9.17, 15) is 29.7 Å². The van der Waals surface area contributed by atoms with E-state index in [1.165, 1.54) is 36.4 Å². The van der Waals surface area contributed by atoms with Crippen molar-refractivity contribution in [2.75, 3.05) is 39.6 Å². The van der Waals surface area contributed by atoms with Crippen LogP contribution in [0.1, 0.15) is 31.1 Å². The Kier molecular flexibility index (Phi) is 21.7. The molecule has 0 fully saturated rings. The van der Waals surface area contributed by atoms with Crippen LogP contribution in [-0.2, 0) is 0 Å². The Morgan fingerprint density at radius 3 is 0.803 bits per heavy atom. The largest absolute Gasteiger partial charge is 3.00 e. The number of hydrogen-bond donors (Lipinski definition) is 0. The first kappa shape index (κ1) is 49.3. The molecule has 6 rings (SSSR count). The fourth-order valence-electron chi connectivity index (χ4n) is 4.91. The number of hydrogen-bond acceptors (Lipinski definition) is 12. The van der Waals surface area contributed by atoms with Crippen LogP contribution in [0.2, 0.25) is 15.1 Å². The summed E-state index contributed by atoms with van der Waals surface area (Å²) in [6.07, 6.45) is 0. The van der Waals surface area contributed by atoms with Gasteiger partial charge in [0.2, 0.25) is 0 Å². The minimum Gasteiger partial charge on any atom is -0.545 e. The summed E-state index contributed by atoms with van der Waals surface area (Å²) in [5, 5.41) is 33.5. The molecule has 12 nitrogen and oxygen atoms in total. The smallest absolute Gasteiger partial charge is 0.545 e. The molecule has 61 heavy (non-hydrogen) atoms. The maximum atomic E-state index is 10.9. The summed E-state index contributed by atoms with van der Waals surface area (Å²) in [5.74, 6) is -1.52. The van der Waals surface area contributed by atoms with Crippen molar-refractivity contribution >= 4 is 70.1 Å². The summed E-state index contributed by atoms with van der Waals surface area (Å²) >= 11 is 17.7. The summed E-state index contributed by atoms with van der Waals surface area (Å²) in [7, 11) is 0. The average Bonchev–Trinajstić information content (AvgIpc) is 3.25. The number of ether oxygens (including phenoxy) is 6. The van der Waals surface area contributed by atoms with Crippen LogP contribution in [0.5, 0.6) is 34.5 Å². The SMILES string of the molecule is O=C([O-])c1cccc(Cl)c1OCCOc1ccccc1.O=C([O-])c1cccc(Cl)c1OCCOc1ccccc1.O=C([O-])c1cccc(Cl)c1OCCOc1ccccc1.[Al+3]. The van der Waals surface area contributed by atoms with Crippen molar-refractivity contribution in [3.05, 3.63) is 177 Å². The predicted molar refractivity (Wildman–Crippen MR) is 225 cm³/mol. The Balaban J connectivity index is 0.000000242. The van der Waals surface area contributed by atoms with Crippen LogP contribution in [0.15, 0.2) is 146 Å². The van der Waals surface area contributed by atoms with Crippen LogP contribution in [0.25, 0.3) is 0 Å². The Bertz CT molecular complexity index is 2010. The average molecular weight is 902 g/mol. The van der Waals surface area contributed by atoms with Gasteiger partial charge in [-0.3, -0.25) is 0 Å². The Hall–Kier alpha value is -6.07. The van der Waals surface area contributed by atoms with Crippen LogP contribution in [0.4, 0.5) is 0 Å². The molecule has 0 aliphatic heterocycles. The first-order valence-electron chi connectivity index (χ1n) is 18.0. The van der Waals surface area contributed by atoms with E-state index in [1.807, 2.05) is 91.0 Å². The Morgan fingerprint density at radius 2 is 0.574 bits per heavy atom. The molecule has 0 spiro atoms. The van der Waals surface area contributed by atoms with Crippen molar-refractivity contribution in [3.8, 4) is 34.5 Å². The van der Waals surface area contributed by atoms with Gasteiger partial charge in [0.15, 0.2) is 0 Å². The van der Waals surface area contributed by atoms with Gasteiger partial charge in [0.25, 0.3) is 0 Å². The van der Waals surface area contributed by atoms with Crippen LogP contribution in [-0.4, -0.2) is 74.9 Å². The number of carboxylic acids is 3. The van der Waals surface area contributed by atoms with Crippen molar-refractivity contribution in [3.63, 3.8) is 0 Å². The van der Waals surface area contributed by atoms with E-state index >= 15 is 0 Å². The number of para-hydroxylation sites is 6. The van der Waals surface area contributed by atoms with Crippen molar-refractivity contribution in [2.24, 2.45) is 0 Å². The van der Waals surface area contributed by atoms with Crippen molar-refractivity contribution in [1.29, 1.82) is 0 Å². The molecule has 0 bridgehead atoms. The summed E-state index contributed by atoms with van der Waals surface area (Å²) in [4.78, 5) is 32.8. The third-order valence-electron chi connectivity index (χ3n) is 7.59. The van der Waals surface area contributed by atoms with Crippen LogP contribution in [0, 0.1) is 0 Å². The van der Waals surface area contributed by atoms with Crippen LogP contribution in [0.3, 0.4) is 0 Å². The zero-order chi connectivity index (χ0) is 43.1. The van der Waals surface area contributed by atoms with Gasteiger partial charge in [-0.05, 0) is 72.8 Å². The summed E-state index contributed by atoms with van der Waals surface area (Å²) in [6.45, 7) is 1.38. The predicted octanol–water partition coefficient (Wildman–Crippen LogP) is 6.10. The second-order valence-corrected chi connectivity index (χ2v) is 13.0. The topological polar surface area (TPSA) is 176 Å². The van der Waals surface area contributed by atoms with Crippen molar-refractivity contribution < 1.29 is 58.1 Å². The van der Waals surface area contributed by atoms with Gasteiger partial charge in [0.1, 0.15) is 74.1 Å². The number of benzene rings is 6. The Labute approximate surface area is 377 Å². The van der Waals surface area contributed by atoms with E-state index in [-0.39, 0.29) is 106 Å². The number of rotatable bonds is 18. The third kappa shape index (κ3) is 16.8. The van der Waals surface area contributed by atoms with Gasteiger partial charge in [-0.2, -0.15) is 0 Å². The van der Waals surface area contributed by atoms with Crippen LogP contribution >= 0.6 is 34.8 Å². The maximum Gasteiger partial charge on any atom is 3.00 e. The monoisotopic (exact) mass is 900 g/mol. The minimum atomic E-state index is -1.33. The van der Waals surface area contributed by atoms with E-state index in [1.54, 1.807) is 18.2 Å². The number of halogens is 3. The molecule has 0 N–H and O–H groups in total. The van der Waals surface area contributed by atoms with Gasteiger partial charge in [0, 0.05) is 16.7 Å². The van der Waals surface area contributed by atoms with Gasteiger partial charge in [-0.1, -0.05) is 108 Å². The van der Waals surface area contributed by atoms with Crippen molar-refractivity contribution in [2.45, 2.75) is 0 Å². The van der Waals surface area contributed by atoms with Gasteiger partial charge >= 0.3 is 17.4 Å². The third-order valence-corrected chi connectivity index (χ3v) is 8.48. The van der Waals surface area contributed by atoms with E-state index in [2.05, 4.69) is 0 Å².